The second-order valence-electron chi connectivity index (χ2n) is 4.25. The highest BCUT2D eigenvalue weighted by Crippen LogP contribution is 2.44. The average Bonchev–Trinajstić information content (AvgIpc) is 2.74. The smallest absolute Gasteiger partial charge is 0.347 e. The monoisotopic (exact) mass is 303 g/mol. The highest BCUT2D eigenvalue weighted by atomic mass is 32.2. The maximum Gasteiger partial charge on any atom is 0.347 e. The molecule has 0 bridgehead atoms. The Bertz CT molecular complexity index is 433. The molecule has 1 saturated heterocycles. The van der Waals surface area contributed by atoms with Gasteiger partial charge in [-0.05, 0) is 6.42 Å². The zero-order valence-corrected chi connectivity index (χ0v) is 13.0. The van der Waals surface area contributed by atoms with Gasteiger partial charge >= 0.3 is 5.97 Å². The van der Waals surface area contributed by atoms with E-state index in [2.05, 4.69) is 18.8 Å². The predicted molar refractivity (Wildman–Crippen MR) is 80.2 cm³/mol. The van der Waals surface area contributed by atoms with E-state index in [4.69, 9.17) is 0 Å². The number of carbonyl (C=O) groups is 1. The number of carboxylic acid groups (broad SMARTS) is 1. The van der Waals surface area contributed by atoms with E-state index in [-0.39, 0.29) is 0 Å². The molecule has 0 spiro atoms. The van der Waals surface area contributed by atoms with Crippen molar-refractivity contribution in [1.82, 2.24) is 4.98 Å². The fourth-order valence-corrected chi connectivity index (χ4v) is 6.08. The van der Waals surface area contributed by atoms with Crippen LogP contribution in [0.25, 0.3) is 0 Å². The highest BCUT2D eigenvalue weighted by Gasteiger charge is 2.29. The molecule has 2 atom stereocenters. The third kappa shape index (κ3) is 3.03. The lowest BCUT2D eigenvalue weighted by Gasteiger charge is -2.25. The van der Waals surface area contributed by atoms with E-state index >= 15 is 0 Å². The van der Waals surface area contributed by atoms with Crippen molar-refractivity contribution in [3.8, 4) is 0 Å². The third-order valence-electron chi connectivity index (χ3n) is 2.83. The molecule has 1 aromatic heterocycles. The molecule has 0 aromatic carbocycles. The summed E-state index contributed by atoms with van der Waals surface area (Å²) in [6.07, 6.45) is 1.70. The fourth-order valence-electron chi connectivity index (χ4n) is 1.97. The first-order valence-corrected chi connectivity index (χ1v) is 9.01. The molecule has 6 heteroatoms. The molecule has 1 fully saturated rings. The van der Waals surface area contributed by atoms with Gasteiger partial charge in [-0.15, -0.1) is 23.1 Å². The lowest BCUT2D eigenvalue weighted by Crippen LogP contribution is -2.15. The largest absolute Gasteiger partial charge is 0.477 e. The molecule has 18 heavy (non-hydrogen) atoms. The van der Waals surface area contributed by atoms with E-state index in [0.29, 0.717) is 15.4 Å². The van der Waals surface area contributed by atoms with E-state index in [1.807, 2.05) is 23.5 Å². The van der Waals surface area contributed by atoms with Crippen molar-refractivity contribution in [3.63, 3.8) is 0 Å². The zero-order chi connectivity index (χ0) is 13.1. The van der Waals surface area contributed by atoms with Gasteiger partial charge in [-0.25, -0.2) is 9.78 Å². The maximum atomic E-state index is 11.2. The number of aryl methyl sites for hydroxylation is 1. The first-order valence-electron chi connectivity index (χ1n) is 6.09. The van der Waals surface area contributed by atoms with E-state index in [9.17, 15) is 9.90 Å². The van der Waals surface area contributed by atoms with Gasteiger partial charge in [0.05, 0.1) is 10.9 Å². The summed E-state index contributed by atoms with van der Waals surface area (Å²) in [5.74, 6) is 1.48. The van der Waals surface area contributed by atoms with Crippen molar-refractivity contribution in [3.05, 3.63) is 15.6 Å². The van der Waals surface area contributed by atoms with Crippen LogP contribution in [-0.4, -0.2) is 32.8 Å². The average molecular weight is 303 g/mol. The van der Waals surface area contributed by atoms with Crippen LogP contribution < -0.4 is 0 Å². The van der Waals surface area contributed by atoms with Crippen molar-refractivity contribution in [2.75, 3.05) is 11.5 Å². The molecule has 1 aromatic rings. The van der Waals surface area contributed by atoms with E-state index in [1.165, 1.54) is 17.1 Å². The Hall–Kier alpha value is -0.200. The van der Waals surface area contributed by atoms with Crippen LogP contribution in [0.4, 0.5) is 0 Å². The highest BCUT2D eigenvalue weighted by molar-refractivity contribution is 8.06. The molecular formula is C12H17NO2S3. The van der Waals surface area contributed by atoms with Crippen LogP contribution in [-0.2, 0) is 6.42 Å². The Balaban J connectivity index is 2.27. The lowest BCUT2D eigenvalue weighted by molar-refractivity contribution is 0.0700. The van der Waals surface area contributed by atoms with Gasteiger partial charge in [0.25, 0.3) is 0 Å². The van der Waals surface area contributed by atoms with E-state index in [0.717, 1.165) is 29.3 Å². The van der Waals surface area contributed by atoms with Crippen LogP contribution >= 0.6 is 34.9 Å². The first-order chi connectivity index (χ1) is 8.63. The molecule has 0 aliphatic carbocycles. The third-order valence-corrected chi connectivity index (χ3v) is 7.24. The van der Waals surface area contributed by atoms with Crippen molar-refractivity contribution in [1.29, 1.82) is 0 Å². The number of thiazole rings is 1. The summed E-state index contributed by atoms with van der Waals surface area (Å²) in [5, 5.41) is 11.1. The Morgan fingerprint density at radius 3 is 2.78 bits per heavy atom. The molecule has 0 amide bonds. The summed E-state index contributed by atoms with van der Waals surface area (Å²) >= 11 is 5.24. The lowest BCUT2D eigenvalue weighted by atomic mass is 10.2. The predicted octanol–water partition coefficient (Wildman–Crippen LogP) is 3.70. The quantitative estimate of drug-likeness (QED) is 0.919. The Labute approximate surface area is 120 Å². The number of aromatic carboxylic acids is 1. The van der Waals surface area contributed by atoms with Crippen LogP contribution in [0.1, 0.15) is 45.9 Å². The van der Waals surface area contributed by atoms with Crippen LogP contribution in [0.2, 0.25) is 0 Å². The molecule has 3 nitrogen and oxygen atoms in total. The second-order valence-corrected chi connectivity index (χ2v) is 8.02. The molecule has 1 N–H and O–H groups in total. The Kier molecular flexibility index (Phi) is 4.98. The van der Waals surface area contributed by atoms with Gasteiger partial charge in [0.2, 0.25) is 0 Å². The molecule has 2 unspecified atom stereocenters. The number of aromatic nitrogens is 1. The molecule has 2 rings (SSSR count). The van der Waals surface area contributed by atoms with Crippen molar-refractivity contribution in [2.24, 2.45) is 0 Å². The summed E-state index contributed by atoms with van der Waals surface area (Å²) in [6, 6.07) is 0. The number of hydrogen-bond acceptors (Lipinski definition) is 5. The molecule has 1 aliphatic heterocycles. The molecule has 0 saturated carbocycles. The normalized spacial score (nSPS) is 24.1. The summed E-state index contributed by atoms with van der Waals surface area (Å²) in [5.41, 5.74) is 0.772. The number of rotatable bonds is 4. The standard InChI is InChI=1S/C12H17NO2S3/c1-3-4-8-10(12(14)15)18-11(13-8)9-7(2)16-5-6-17-9/h7,9H,3-6H2,1-2H3,(H,14,15). The SMILES string of the molecule is CCCc1nc(C2SCCSC2C)sc1C(=O)O. The topological polar surface area (TPSA) is 50.2 Å². The van der Waals surface area contributed by atoms with Gasteiger partial charge in [-0.1, -0.05) is 20.3 Å². The summed E-state index contributed by atoms with van der Waals surface area (Å²) < 4.78 is 0. The number of hydrogen-bond donors (Lipinski definition) is 1. The second kappa shape index (κ2) is 6.30. The van der Waals surface area contributed by atoms with Crippen molar-refractivity contribution < 1.29 is 9.90 Å². The molecule has 0 radical (unpaired) electrons. The maximum absolute atomic E-state index is 11.2. The van der Waals surface area contributed by atoms with Crippen LogP contribution in [0.3, 0.4) is 0 Å². The fraction of sp³-hybridized carbons (Fsp3) is 0.667. The van der Waals surface area contributed by atoms with Crippen LogP contribution in [0.15, 0.2) is 0 Å². The number of thioether (sulfide) groups is 2. The summed E-state index contributed by atoms with van der Waals surface area (Å²) in [4.78, 5) is 16.3. The van der Waals surface area contributed by atoms with Gasteiger partial charge < -0.3 is 5.11 Å². The molecular weight excluding hydrogens is 286 g/mol. The number of nitrogens with zero attached hydrogens (tertiary/aromatic N) is 1. The Morgan fingerprint density at radius 1 is 1.44 bits per heavy atom. The molecule has 100 valence electrons. The van der Waals surface area contributed by atoms with Gasteiger partial charge in [-0.3, -0.25) is 0 Å². The van der Waals surface area contributed by atoms with Gasteiger partial charge in [-0.2, -0.15) is 11.8 Å². The summed E-state index contributed by atoms with van der Waals surface area (Å²) in [6.45, 7) is 4.27. The minimum atomic E-state index is -0.830. The van der Waals surface area contributed by atoms with Gasteiger partial charge in [0.15, 0.2) is 0 Å². The minimum Gasteiger partial charge on any atom is -0.477 e. The molecule has 1 aliphatic rings. The van der Waals surface area contributed by atoms with Gasteiger partial charge in [0.1, 0.15) is 9.88 Å². The number of carboxylic acids is 1. The van der Waals surface area contributed by atoms with Crippen molar-refractivity contribution in [2.45, 2.75) is 37.2 Å². The van der Waals surface area contributed by atoms with E-state index in [1.54, 1.807) is 0 Å². The van der Waals surface area contributed by atoms with Crippen LogP contribution in [0, 0.1) is 0 Å². The summed E-state index contributed by atoms with van der Waals surface area (Å²) in [7, 11) is 0. The van der Waals surface area contributed by atoms with Crippen LogP contribution in [0.5, 0.6) is 0 Å². The van der Waals surface area contributed by atoms with E-state index < -0.39 is 5.97 Å². The molecule has 2 heterocycles. The van der Waals surface area contributed by atoms with Crippen molar-refractivity contribution >= 4 is 40.8 Å². The zero-order valence-electron chi connectivity index (χ0n) is 10.5. The Morgan fingerprint density at radius 2 is 2.17 bits per heavy atom. The van der Waals surface area contributed by atoms with Gasteiger partial charge in [0, 0.05) is 16.8 Å². The minimum absolute atomic E-state index is 0.359. The first kappa shape index (κ1) is 14.2.